The van der Waals surface area contributed by atoms with Gasteiger partial charge in [0.2, 0.25) is 5.82 Å². The lowest BCUT2D eigenvalue weighted by atomic mass is 9.78. The predicted octanol–water partition coefficient (Wildman–Crippen LogP) is 5.35. The van der Waals surface area contributed by atoms with Crippen LogP contribution in [-0.4, -0.2) is 7.11 Å². The number of halogens is 2. The van der Waals surface area contributed by atoms with E-state index in [1.807, 2.05) is 0 Å². The van der Waals surface area contributed by atoms with Gasteiger partial charge in [0, 0.05) is 5.56 Å². The molecule has 1 atom stereocenters. The van der Waals surface area contributed by atoms with E-state index in [0.29, 0.717) is 5.56 Å². The molecule has 1 unspecified atom stereocenters. The minimum atomic E-state index is -0.881. The maximum absolute atomic E-state index is 14.1. The van der Waals surface area contributed by atoms with Crippen molar-refractivity contribution in [3.8, 4) is 5.75 Å². The molecule has 2 aliphatic carbocycles. The van der Waals surface area contributed by atoms with E-state index in [1.165, 1.54) is 38.9 Å². The molecule has 2 aliphatic rings. The largest absolute Gasteiger partial charge is 0.494 e. The van der Waals surface area contributed by atoms with Crippen LogP contribution in [0.3, 0.4) is 0 Å². The number of rotatable bonds is 3. The van der Waals surface area contributed by atoms with Crippen molar-refractivity contribution < 1.29 is 13.5 Å². The van der Waals surface area contributed by atoms with E-state index in [0.717, 1.165) is 36.7 Å². The van der Waals surface area contributed by atoms with Crippen LogP contribution in [0, 0.1) is 23.5 Å². The second kappa shape index (κ2) is 6.17. The Kier molecular flexibility index (Phi) is 4.27. The van der Waals surface area contributed by atoms with Crippen LogP contribution < -0.4 is 4.74 Å². The number of hydrogen-bond acceptors (Lipinski definition) is 1. The lowest BCUT2D eigenvalue weighted by molar-refractivity contribution is 0.317. The summed E-state index contributed by atoms with van der Waals surface area (Å²) >= 11 is 0. The molecule has 3 heteroatoms. The first-order valence-electron chi connectivity index (χ1n) is 7.92. The summed E-state index contributed by atoms with van der Waals surface area (Å²) in [6, 6.07) is 3.15. The van der Waals surface area contributed by atoms with Crippen molar-refractivity contribution in [2.75, 3.05) is 7.11 Å². The molecule has 1 saturated carbocycles. The van der Waals surface area contributed by atoms with E-state index >= 15 is 0 Å². The van der Waals surface area contributed by atoms with Gasteiger partial charge in [0.05, 0.1) is 7.11 Å². The van der Waals surface area contributed by atoms with Crippen molar-refractivity contribution >= 4 is 5.57 Å². The third-order valence-electron chi connectivity index (χ3n) is 5.13. The summed E-state index contributed by atoms with van der Waals surface area (Å²) in [5.41, 5.74) is 1.35. The standard InChI is InChI=1S/C18H22F2O/c1-21-16-11-10-15(17(19)18(16)20)14-8-6-13(7-9-14)12-4-2-3-5-12/h8,10-13H,2-7,9H2,1H3. The van der Waals surface area contributed by atoms with E-state index < -0.39 is 11.6 Å². The Morgan fingerprint density at radius 3 is 2.38 bits per heavy atom. The van der Waals surface area contributed by atoms with E-state index in [1.54, 1.807) is 6.07 Å². The number of hydrogen-bond donors (Lipinski definition) is 0. The third-order valence-corrected chi connectivity index (χ3v) is 5.13. The van der Waals surface area contributed by atoms with Crippen LogP contribution in [-0.2, 0) is 0 Å². The fourth-order valence-electron chi connectivity index (χ4n) is 3.89. The molecule has 0 spiro atoms. The molecule has 1 aromatic rings. The van der Waals surface area contributed by atoms with Gasteiger partial charge in [0.25, 0.3) is 0 Å². The maximum Gasteiger partial charge on any atom is 0.201 e. The average molecular weight is 292 g/mol. The first-order chi connectivity index (χ1) is 10.2. The molecule has 1 fully saturated rings. The first-order valence-corrected chi connectivity index (χ1v) is 7.92. The molecule has 0 saturated heterocycles. The molecule has 0 aromatic heterocycles. The van der Waals surface area contributed by atoms with Crippen molar-refractivity contribution in [2.45, 2.75) is 44.9 Å². The van der Waals surface area contributed by atoms with Crippen LogP contribution in [0.25, 0.3) is 5.57 Å². The van der Waals surface area contributed by atoms with Gasteiger partial charge in [0.15, 0.2) is 11.6 Å². The summed E-state index contributed by atoms with van der Waals surface area (Å²) in [4.78, 5) is 0. The van der Waals surface area contributed by atoms with Gasteiger partial charge in [-0.05, 0) is 48.8 Å². The van der Waals surface area contributed by atoms with Gasteiger partial charge < -0.3 is 4.74 Å². The quantitative estimate of drug-likeness (QED) is 0.730. The highest BCUT2D eigenvalue weighted by molar-refractivity contribution is 5.67. The van der Waals surface area contributed by atoms with Gasteiger partial charge in [0.1, 0.15) is 0 Å². The third kappa shape index (κ3) is 2.83. The molecule has 1 aromatic carbocycles. The fraction of sp³-hybridized carbons (Fsp3) is 0.556. The Labute approximate surface area is 125 Å². The van der Waals surface area contributed by atoms with Crippen LogP contribution in [0.15, 0.2) is 18.2 Å². The predicted molar refractivity (Wildman–Crippen MR) is 80.2 cm³/mol. The molecule has 3 rings (SSSR count). The van der Waals surface area contributed by atoms with Crippen LogP contribution in [0.5, 0.6) is 5.75 Å². The molecule has 0 aliphatic heterocycles. The zero-order chi connectivity index (χ0) is 14.8. The Morgan fingerprint density at radius 2 is 1.76 bits per heavy atom. The zero-order valence-electron chi connectivity index (χ0n) is 12.5. The Bertz CT molecular complexity index is 544. The van der Waals surface area contributed by atoms with Crippen LogP contribution in [0.1, 0.15) is 50.5 Å². The van der Waals surface area contributed by atoms with Crippen LogP contribution in [0.4, 0.5) is 8.78 Å². The molecule has 0 N–H and O–H groups in total. The lowest BCUT2D eigenvalue weighted by Gasteiger charge is -2.27. The van der Waals surface area contributed by atoms with Crippen molar-refractivity contribution in [3.63, 3.8) is 0 Å². The number of allylic oxidation sites excluding steroid dienone is 2. The highest BCUT2D eigenvalue weighted by Crippen LogP contribution is 2.41. The maximum atomic E-state index is 14.1. The Balaban J connectivity index is 1.77. The van der Waals surface area contributed by atoms with E-state index in [2.05, 4.69) is 6.08 Å². The molecule has 0 heterocycles. The zero-order valence-corrected chi connectivity index (χ0v) is 12.5. The van der Waals surface area contributed by atoms with E-state index in [4.69, 9.17) is 4.74 Å². The Morgan fingerprint density at radius 1 is 1.00 bits per heavy atom. The van der Waals surface area contributed by atoms with Crippen molar-refractivity contribution in [3.05, 3.63) is 35.4 Å². The molecule has 0 radical (unpaired) electrons. The normalized spacial score (nSPS) is 23.2. The Hall–Kier alpha value is -1.38. The van der Waals surface area contributed by atoms with Crippen LogP contribution in [0.2, 0.25) is 0 Å². The van der Waals surface area contributed by atoms with Crippen molar-refractivity contribution in [1.29, 1.82) is 0 Å². The van der Waals surface area contributed by atoms with E-state index in [-0.39, 0.29) is 5.75 Å². The topological polar surface area (TPSA) is 9.23 Å². The highest BCUT2D eigenvalue weighted by atomic mass is 19.2. The second-order valence-electron chi connectivity index (χ2n) is 6.25. The van der Waals surface area contributed by atoms with Gasteiger partial charge in [-0.3, -0.25) is 0 Å². The van der Waals surface area contributed by atoms with Gasteiger partial charge >= 0.3 is 0 Å². The van der Waals surface area contributed by atoms with Gasteiger partial charge in [-0.25, -0.2) is 4.39 Å². The minimum Gasteiger partial charge on any atom is -0.494 e. The molecule has 0 amide bonds. The molecule has 21 heavy (non-hydrogen) atoms. The monoisotopic (exact) mass is 292 g/mol. The molecule has 1 nitrogen and oxygen atoms in total. The van der Waals surface area contributed by atoms with Gasteiger partial charge in [-0.1, -0.05) is 31.8 Å². The first kappa shape index (κ1) is 14.6. The summed E-state index contributed by atoms with van der Waals surface area (Å²) < 4.78 is 32.8. The van der Waals surface area contributed by atoms with E-state index in [9.17, 15) is 8.78 Å². The van der Waals surface area contributed by atoms with Crippen molar-refractivity contribution in [1.82, 2.24) is 0 Å². The summed E-state index contributed by atoms with van der Waals surface area (Å²) in [5.74, 6) is -0.104. The summed E-state index contributed by atoms with van der Waals surface area (Å²) in [6.07, 6.45) is 10.5. The number of benzene rings is 1. The van der Waals surface area contributed by atoms with Gasteiger partial charge in [-0.2, -0.15) is 4.39 Å². The minimum absolute atomic E-state index is 0.0310. The molecular weight excluding hydrogens is 270 g/mol. The average Bonchev–Trinajstić information content (AvgIpc) is 3.05. The smallest absolute Gasteiger partial charge is 0.201 e. The van der Waals surface area contributed by atoms with Gasteiger partial charge in [-0.15, -0.1) is 0 Å². The molecule has 0 bridgehead atoms. The van der Waals surface area contributed by atoms with Crippen LogP contribution >= 0.6 is 0 Å². The number of methoxy groups -OCH3 is 1. The fourth-order valence-corrected chi connectivity index (χ4v) is 3.89. The molecular formula is C18H22F2O. The highest BCUT2D eigenvalue weighted by Gasteiger charge is 2.27. The lowest BCUT2D eigenvalue weighted by Crippen LogP contribution is -2.14. The second-order valence-corrected chi connectivity index (χ2v) is 6.25. The molecule has 114 valence electrons. The SMILES string of the molecule is COc1ccc(C2=CCC(C3CCCC3)CC2)c(F)c1F. The summed E-state index contributed by atoms with van der Waals surface area (Å²) in [7, 11) is 1.35. The summed E-state index contributed by atoms with van der Waals surface area (Å²) in [6.45, 7) is 0. The number of ether oxygens (including phenoxy) is 1. The van der Waals surface area contributed by atoms with Crippen molar-refractivity contribution in [2.24, 2.45) is 11.8 Å². The summed E-state index contributed by atoms with van der Waals surface area (Å²) in [5, 5.41) is 0.